The van der Waals surface area contributed by atoms with E-state index in [-0.39, 0.29) is 23.0 Å². The van der Waals surface area contributed by atoms with Gasteiger partial charge >= 0.3 is 0 Å². The highest BCUT2D eigenvalue weighted by molar-refractivity contribution is 5.89. The van der Waals surface area contributed by atoms with Crippen LogP contribution in [-0.4, -0.2) is 27.7 Å². The van der Waals surface area contributed by atoms with Crippen LogP contribution in [-0.2, 0) is 24.1 Å². The van der Waals surface area contributed by atoms with Crippen LogP contribution in [0.4, 0.5) is 0 Å². The lowest BCUT2D eigenvalue weighted by molar-refractivity contribution is -0.114. The first-order valence-electron chi connectivity index (χ1n) is 15.2. The van der Waals surface area contributed by atoms with Crippen LogP contribution in [0.2, 0.25) is 0 Å². The highest BCUT2D eigenvalue weighted by Crippen LogP contribution is 2.31. The maximum atomic E-state index is 12.4. The third kappa shape index (κ3) is 10.4. The third-order valence-electron chi connectivity index (χ3n) is 7.73. The van der Waals surface area contributed by atoms with Crippen LogP contribution in [0, 0.1) is 5.92 Å². The van der Waals surface area contributed by atoms with Gasteiger partial charge in [-0.1, -0.05) is 74.0 Å². The normalized spacial score (nSPS) is 11.9. The van der Waals surface area contributed by atoms with Crippen molar-refractivity contribution in [3.63, 3.8) is 0 Å². The van der Waals surface area contributed by atoms with Crippen molar-refractivity contribution in [1.29, 1.82) is 0 Å². The number of phenolic OH excluding ortho intramolecular Hbond substituents is 3. The number of ketones is 1. The molecule has 0 fully saturated rings. The average Bonchev–Trinajstić information content (AvgIpc) is 3.01. The molecule has 4 aromatic rings. The minimum absolute atomic E-state index is 0.0532. The largest absolute Gasteiger partial charge is 0.508 e. The smallest absolute Gasteiger partial charge is 0.161 e. The van der Waals surface area contributed by atoms with Crippen molar-refractivity contribution in [3.05, 3.63) is 120 Å². The van der Waals surface area contributed by atoms with E-state index in [1.165, 1.54) is 12.0 Å². The Balaban J connectivity index is 1.19. The van der Waals surface area contributed by atoms with Gasteiger partial charge in [-0.05, 0) is 108 Å². The fraction of sp³-hybridized carbons (Fsp3) is 0.289. The SMILES string of the molecule is CC(CCCC=CC(=O)CCc1ccc(O)c(OCCc2ccc(O)cc2-c2ccc(O)cc2)c1)CCc1ccccc1. The summed E-state index contributed by atoms with van der Waals surface area (Å²) in [5.74, 6) is 1.53. The van der Waals surface area contributed by atoms with Crippen LogP contribution in [0.1, 0.15) is 55.7 Å². The molecule has 3 N–H and O–H groups in total. The Kier molecular flexibility index (Phi) is 11.8. The number of rotatable bonds is 16. The van der Waals surface area contributed by atoms with Crippen LogP contribution in [0.15, 0.2) is 103 Å². The Labute approximate surface area is 255 Å². The number of hydrogen-bond acceptors (Lipinski definition) is 5. The quantitative estimate of drug-likeness (QED) is 0.0915. The Hall–Kier alpha value is -4.51. The van der Waals surface area contributed by atoms with Gasteiger partial charge in [0.2, 0.25) is 0 Å². The highest BCUT2D eigenvalue weighted by atomic mass is 16.5. The first-order chi connectivity index (χ1) is 20.9. The molecule has 4 rings (SSSR count). The van der Waals surface area contributed by atoms with Crippen molar-refractivity contribution in [3.8, 4) is 34.1 Å². The molecule has 0 saturated carbocycles. The second-order valence-corrected chi connectivity index (χ2v) is 11.2. The first-order valence-corrected chi connectivity index (χ1v) is 15.2. The lowest BCUT2D eigenvalue weighted by Gasteiger charge is -2.13. The molecule has 0 spiro atoms. The number of allylic oxidation sites excluding steroid dienone is 2. The standard InChI is InChI=1S/C38H42O5/c1-28(12-13-29-9-5-3-6-10-29)8-4-2-7-11-33(39)19-14-30-15-23-37(42)38(26-30)43-25-24-32-18-22-35(41)27-36(32)31-16-20-34(40)21-17-31/h3,5-7,9-11,15-18,20-23,26-28,40-42H,2,4,8,12-14,19,24-25H2,1H3. The summed E-state index contributed by atoms with van der Waals surface area (Å²) in [7, 11) is 0. The minimum Gasteiger partial charge on any atom is -0.508 e. The Bertz CT molecular complexity index is 1470. The molecule has 43 heavy (non-hydrogen) atoms. The lowest BCUT2D eigenvalue weighted by Crippen LogP contribution is -2.04. The van der Waals surface area contributed by atoms with Crippen molar-refractivity contribution < 1.29 is 24.9 Å². The van der Waals surface area contributed by atoms with E-state index in [1.807, 2.05) is 18.2 Å². The van der Waals surface area contributed by atoms with Gasteiger partial charge in [-0.3, -0.25) is 4.79 Å². The van der Waals surface area contributed by atoms with E-state index < -0.39 is 0 Å². The third-order valence-corrected chi connectivity index (χ3v) is 7.73. The monoisotopic (exact) mass is 578 g/mol. The zero-order valence-corrected chi connectivity index (χ0v) is 24.9. The number of phenols is 3. The molecule has 4 aromatic carbocycles. The summed E-state index contributed by atoms with van der Waals surface area (Å²) < 4.78 is 5.93. The van der Waals surface area contributed by atoms with E-state index in [1.54, 1.807) is 54.6 Å². The van der Waals surface area contributed by atoms with Gasteiger partial charge < -0.3 is 20.1 Å². The molecule has 0 bridgehead atoms. The number of carbonyl (C=O) groups is 1. The Morgan fingerprint density at radius 3 is 2.35 bits per heavy atom. The van der Waals surface area contributed by atoms with Crippen LogP contribution in [0.3, 0.4) is 0 Å². The van der Waals surface area contributed by atoms with Gasteiger partial charge in [0, 0.05) is 12.8 Å². The van der Waals surface area contributed by atoms with Gasteiger partial charge in [0.15, 0.2) is 17.3 Å². The summed E-state index contributed by atoms with van der Waals surface area (Å²) in [6.07, 6.45) is 10.7. The molecule has 0 radical (unpaired) electrons. The number of ether oxygens (including phenoxy) is 1. The van der Waals surface area contributed by atoms with E-state index in [0.717, 1.165) is 47.9 Å². The number of aryl methyl sites for hydroxylation is 2. The molecule has 0 aliphatic carbocycles. The number of unbranched alkanes of at least 4 members (excludes halogenated alkanes) is 1. The molecule has 5 heteroatoms. The van der Waals surface area contributed by atoms with Gasteiger partial charge in [-0.15, -0.1) is 0 Å². The molecule has 5 nitrogen and oxygen atoms in total. The number of carbonyl (C=O) groups excluding carboxylic acids is 1. The topological polar surface area (TPSA) is 87.0 Å². The van der Waals surface area contributed by atoms with Gasteiger partial charge in [-0.25, -0.2) is 0 Å². The maximum Gasteiger partial charge on any atom is 0.161 e. The maximum absolute atomic E-state index is 12.4. The molecule has 0 aromatic heterocycles. The fourth-order valence-electron chi connectivity index (χ4n) is 5.14. The van der Waals surface area contributed by atoms with Crippen LogP contribution < -0.4 is 4.74 Å². The number of hydrogen-bond donors (Lipinski definition) is 3. The van der Waals surface area contributed by atoms with E-state index in [9.17, 15) is 20.1 Å². The second-order valence-electron chi connectivity index (χ2n) is 11.2. The van der Waals surface area contributed by atoms with Crippen molar-refractivity contribution in [1.82, 2.24) is 0 Å². The minimum atomic E-state index is 0.0532. The summed E-state index contributed by atoms with van der Waals surface area (Å²) in [6.45, 7) is 2.62. The van der Waals surface area contributed by atoms with E-state index in [2.05, 4.69) is 37.3 Å². The van der Waals surface area contributed by atoms with Gasteiger partial charge in [0.25, 0.3) is 0 Å². The molecule has 1 atom stereocenters. The van der Waals surface area contributed by atoms with E-state index >= 15 is 0 Å². The molecule has 1 unspecified atom stereocenters. The van der Waals surface area contributed by atoms with Crippen LogP contribution in [0.5, 0.6) is 23.0 Å². The average molecular weight is 579 g/mol. The molecule has 0 heterocycles. The summed E-state index contributed by atoms with van der Waals surface area (Å²) in [5.41, 5.74) is 5.02. The Morgan fingerprint density at radius 2 is 1.56 bits per heavy atom. The van der Waals surface area contributed by atoms with Gasteiger partial charge in [-0.2, -0.15) is 0 Å². The zero-order valence-electron chi connectivity index (χ0n) is 24.9. The second kappa shape index (κ2) is 16.2. The Morgan fingerprint density at radius 1 is 0.791 bits per heavy atom. The molecular weight excluding hydrogens is 536 g/mol. The summed E-state index contributed by atoms with van der Waals surface area (Å²) >= 11 is 0. The van der Waals surface area contributed by atoms with Crippen molar-refractivity contribution in [2.75, 3.05) is 6.61 Å². The molecule has 0 aliphatic rings. The van der Waals surface area contributed by atoms with Crippen molar-refractivity contribution >= 4 is 5.78 Å². The summed E-state index contributed by atoms with van der Waals surface area (Å²) in [5, 5.41) is 30.0. The summed E-state index contributed by atoms with van der Waals surface area (Å²) in [4.78, 5) is 12.4. The predicted molar refractivity (Wildman–Crippen MR) is 173 cm³/mol. The summed E-state index contributed by atoms with van der Waals surface area (Å²) in [6, 6.07) is 27.8. The van der Waals surface area contributed by atoms with E-state index in [0.29, 0.717) is 37.5 Å². The fourth-order valence-corrected chi connectivity index (χ4v) is 5.14. The van der Waals surface area contributed by atoms with Crippen molar-refractivity contribution in [2.45, 2.75) is 58.3 Å². The predicted octanol–water partition coefficient (Wildman–Crippen LogP) is 8.59. The van der Waals surface area contributed by atoms with Crippen LogP contribution >= 0.6 is 0 Å². The highest BCUT2D eigenvalue weighted by Gasteiger charge is 2.10. The zero-order chi connectivity index (χ0) is 30.4. The van der Waals surface area contributed by atoms with Gasteiger partial charge in [0.1, 0.15) is 11.5 Å². The number of benzene rings is 4. The molecular formula is C38H42O5. The van der Waals surface area contributed by atoms with Crippen LogP contribution in [0.25, 0.3) is 11.1 Å². The first kappa shape index (κ1) is 31.4. The number of aromatic hydroxyl groups is 3. The molecule has 0 aliphatic heterocycles. The lowest BCUT2D eigenvalue weighted by atomic mass is 9.96. The molecule has 0 amide bonds. The molecule has 224 valence electrons. The van der Waals surface area contributed by atoms with Crippen molar-refractivity contribution in [2.24, 2.45) is 5.92 Å². The van der Waals surface area contributed by atoms with Gasteiger partial charge in [0.05, 0.1) is 6.61 Å². The van der Waals surface area contributed by atoms with E-state index in [4.69, 9.17) is 4.74 Å². The molecule has 0 saturated heterocycles.